The van der Waals surface area contributed by atoms with E-state index < -0.39 is 11.9 Å². The fourth-order valence-corrected chi connectivity index (χ4v) is 4.34. The molecule has 1 atom stereocenters. The SMILES string of the molecule is Cc1csc2nc(C(C)Nc3ncnc4nc[nH]c34)c(-c3cccc(F)c3)c(=O)n12.Cl. The van der Waals surface area contributed by atoms with Gasteiger partial charge in [0.15, 0.2) is 16.4 Å². The quantitative estimate of drug-likeness (QED) is 0.421. The Hall–Kier alpha value is -3.37. The van der Waals surface area contributed by atoms with Crippen LogP contribution in [0.4, 0.5) is 10.2 Å². The molecule has 0 aliphatic rings. The van der Waals surface area contributed by atoms with E-state index in [9.17, 15) is 9.18 Å². The van der Waals surface area contributed by atoms with Crippen molar-refractivity contribution in [2.45, 2.75) is 19.9 Å². The number of anilines is 1. The summed E-state index contributed by atoms with van der Waals surface area (Å²) in [7, 11) is 0. The molecule has 0 spiro atoms. The second-order valence-electron chi connectivity index (χ2n) is 6.87. The highest BCUT2D eigenvalue weighted by molar-refractivity contribution is 7.15. The maximum Gasteiger partial charge on any atom is 0.266 e. The number of halogens is 2. The van der Waals surface area contributed by atoms with Crippen LogP contribution in [0, 0.1) is 12.7 Å². The average molecular weight is 458 g/mol. The van der Waals surface area contributed by atoms with Crippen molar-refractivity contribution < 1.29 is 4.39 Å². The minimum atomic E-state index is -0.416. The Labute approximate surface area is 185 Å². The first-order valence-corrected chi connectivity index (χ1v) is 10.1. The average Bonchev–Trinajstić information content (AvgIpc) is 3.35. The van der Waals surface area contributed by atoms with E-state index in [4.69, 9.17) is 4.98 Å². The van der Waals surface area contributed by atoms with Crippen molar-refractivity contribution in [2.75, 3.05) is 5.32 Å². The minimum absolute atomic E-state index is 0. The molecule has 0 fully saturated rings. The smallest absolute Gasteiger partial charge is 0.266 e. The van der Waals surface area contributed by atoms with Gasteiger partial charge in [-0.2, -0.15) is 0 Å². The lowest BCUT2D eigenvalue weighted by Gasteiger charge is -2.18. The van der Waals surface area contributed by atoms with Crippen molar-refractivity contribution in [3.05, 3.63) is 69.9 Å². The number of rotatable bonds is 4. The van der Waals surface area contributed by atoms with Crippen molar-refractivity contribution >= 4 is 45.7 Å². The number of aryl methyl sites for hydroxylation is 1. The summed E-state index contributed by atoms with van der Waals surface area (Å²) in [5.41, 5.74) is 3.08. The number of hydrogen-bond donors (Lipinski definition) is 2. The highest BCUT2D eigenvalue weighted by Gasteiger charge is 2.22. The predicted octanol–water partition coefficient (Wildman–Crippen LogP) is 4.13. The van der Waals surface area contributed by atoms with Crippen LogP contribution >= 0.6 is 23.7 Å². The molecule has 1 unspecified atom stereocenters. The maximum atomic E-state index is 14.0. The number of benzene rings is 1. The first-order chi connectivity index (χ1) is 14.5. The van der Waals surface area contributed by atoms with Crippen molar-refractivity contribution in [2.24, 2.45) is 0 Å². The zero-order valence-corrected chi connectivity index (χ0v) is 18.1. The lowest BCUT2D eigenvalue weighted by atomic mass is 10.0. The molecular formula is C20H17ClFN7OS. The number of H-pyrrole nitrogens is 1. The Morgan fingerprint density at radius 2 is 2.10 bits per heavy atom. The molecule has 8 nitrogen and oxygen atoms in total. The Kier molecular flexibility index (Phi) is 5.42. The largest absolute Gasteiger partial charge is 0.360 e. The number of aromatic nitrogens is 6. The van der Waals surface area contributed by atoms with Crippen LogP contribution in [0.25, 0.3) is 27.3 Å². The van der Waals surface area contributed by atoms with Gasteiger partial charge in [0.1, 0.15) is 17.7 Å². The second kappa shape index (κ2) is 8.05. The molecule has 31 heavy (non-hydrogen) atoms. The molecule has 2 N–H and O–H groups in total. The summed E-state index contributed by atoms with van der Waals surface area (Å²) in [5.74, 6) is 0.125. The van der Waals surface area contributed by atoms with E-state index in [0.717, 1.165) is 5.69 Å². The van der Waals surface area contributed by atoms with Crippen LogP contribution in [0.3, 0.4) is 0 Å². The predicted molar refractivity (Wildman–Crippen MR) is 120 cm³/mol. The van der Waals surface area contributed by atoms with Crippen molar-refractivity contribution in [3.63, 3.8) is 0 Å². The van der Waals surface area contributed by atoms with Crippen LogP contribution in [-0.2, 0) is 0 Å². The van der Waals surface area contributed by atoms with Crippen molar-refractivity contribution in [1.82, 2.24) is 29.3 Å². The van der Waals surface area contributed by atoms with Crippen LogP contribution in [-0.4, -0.2) is 29.3 Å². The Balaban J connectivity index is 0.00000231. The van der Waals surface area contributed by atoms with Gasteiger partial charge in [-0.25, -0.2) is 24.3 Å². The first-order valence-electron chi connectivity index (χ1n) is 9.20. The Morgan fingerprint density at radius 3 is 2.90 bits per heavy atom. The number of thiazole rings is 1. The van der Waals surface area contributed by atoms with Gasteiger partial charge in [-0.05, 0) is 31.5 Å². The number of hydrogen-bond acceptors (Lipinski definition) is 7. The third-order valence-corrected chi connectivity index (χ3v) is 5.81. The second-order valence-corrected chi connectivity index (χ2v) is 7.71. The summed E-state index contributed by atoms with van der Waals surface area (Å²) in [5, 5.41) is 5.16. The third-order valence-electron chi connectivity index (χ3n) is 4.87. The van der Waals surface area contributed by atoms with Gasteiger partial charge < -0.3 is 10.3 Å². The highest BCUT2D eigenvalue weighted by atomic mass is 35.5. The summed E-state index contributed by atoms with van der Waals surface area (Å²) in [6.45, 7) is 3.73. The van der Waals surface area contributed by atoms with Gasteiger partial charge in [0, 0.05) is 11.1 Å². The zero-order valence-electron chi connectivity index (χ0n) is 16.5. The highest BCUT2D eigenvalue weighted by Crippen LogP contribution is 2.29. The lowest BCUT2D eigenvalue weighted by Crippen LogP contribution is -2.23. The molecule has 0 bridgehead atoms. The van der Waals surface area contributed by atoms with Gasteiger partial charge >= 0.3 is 0 Å². The minimum Gasteiger partial charge on any atom is -0.360 e. The van der Waals surface area contributed by atoms with Gasteiger partial charge in [0.05, 0.1) is 23.6 Å². The zero-order chi connectivity index (χ0) is 20.8. The third kappa shape index (κ3) is 3.53. The van der Waals surface area contributed by atoms with Crippen LogP contribution < -0.4 is 10.9 Å². The van der Waals surface area contributed by atoms with Gasteiger partial charge in [-0.15, -0.1) is 23.7 Å². The molecule has 1 aromatic carbocycles. The van der Waals surface area contributed by atoms with Gasteiger partial charge in [0.2, 0.25) is 0 Å². The van der Waals surface area contributed by atoms with Crippen LogP contribution in [0.15, 0.2) is 47.1 Å². The van der Waals surface area contributed by atoms with Gasteiger partial charge in [-0.1, -0.05) is 12.1 Å². The van der Waals surface area contributed by atoms with Gasteiger partial charge in [0.25, 0.3) is 5.56 Å². The van der Waals surface area contributed by atoms with Crippen LogP contribution in [0.5, 0.6) is 0 Å². The van der Waals surface area contributed by atoms with E-state index in [1.54, 1.807) is 22.9 Å². The maximum absolute atomic E-state index is 14.0. The number of aromatic amines is 1. The summed E-state index contributed by atoms with van der Waals surface area (Å²) in [6, 6.07) is 5.59. The first kappa shape index (κ1) is 20.9. The van der Waals surface area contributed by atoms with E-state index in [1.165, 1.54) is 29.8 Å². The molecule has 0 aliphatic heterocycles. The van der Waals surface area contributed by atoms with E-state index in [1.807, 2.05) is 19.2 Å². The van der Waals surface area contributed by atoms with E-state index in [2.05, 4.69) is 25.3 Å². The number of nitrogens with one attached hydrogen (secondary N) is 2. The van der Waals surface area contributed by atoms with E-state index in [-0.39, 0.29) is 18.0 Å². The van der Waals surface area contributed by atoms with E-state index >= 15 is 0 Å². The molecule has 0 aliphatic carbocycles. The Morgan fingerprint density at radius 1 is 1.26 bits per heavy atom. The normalized spacial score (nSPS) is 12.1. The van der Waals surface area contributed by atoms with Crippen LogP contribution in [0.1, 0.15) is 24.4 Å². The molecular weight excluding hydrogens is 441 g/mol. The van der Waals surface area contributed by atoms with Crippen LogP contribution in [0.2, 0.25) is 0 Å². The standard InChI is InChI=1S/C20H16FN7OS.ClH/c1-10-7-30-20-27-15(11(2)26-18-16-17(23-8-22-16)24-9-25-18)14(19(29)28(10)20)12-4-3-5-13(21)6-12;/h3-9,11H,1-2H3,(H2,22,23,24,25,26);1H. The molecule has 158 valence electrons. The van der Waals surface area contributed by atoms with Gasteiger partial charge in [-0.3, -0.25) is 9.20 Å². The van der Waals surface area contributed by atoms with E-state index in [0.29, 0.717) is 38.8 Å². The summed E-state index contributed by atoms with van der Waals surface area (Å²) in [4.78, 5) is 34.3. The monoisotopic (exact) mass is 457 g/mol. The van der Waals surface area contributed by atoms with Crippen molar-refractivity contribution in [3.8, 4) is 11.1 Å². The molecule has 0 amide bonds. The fraction of sp³-hybridized carbons (Fsp3) is 0.150. The summed E-state index contributed by atoms with van der Waals surface area (Å²) < 4.78 is 15.5. The molecule has 0 saturated carbocycles. The molecule has 4 aromatic heterocycles. The number of nitrogens with zero attached hydrogens (tertiary/aromatic N) is 5. The fourth-order valence-electron chi connectivity index (χ4n) is 3.47. The summed E-state index contributed by atoms with van der Waals surface area (Å²) >= 11 is 1.39. The molecule has 11 heteroatoms. The topological polar surface area (TPSA) is 101 Å². The molecule has 5 aromatic rings. The summed E-state index contributed by atoms with van der Waals surface area (Å²) in [6.07, 6.45) is 2.96. The molecule has 0 radical (unpaired) electrons. The van der Waals surface area contributed by atoms with Crippen molar-refractivity contribution in [1.29, 1.82) is 0 Å². The molecule has 4 heterocycles. The molecule has 5 rings (SSSR count). The lowest BCUT2D eigenvalue weighted by molar-refractivity contribution is 0.628. The number of fused-ring (bicyclic) bond motifs is 2. The number of imidazole rings is 1. The molecule has 0 saturated heterocycles. The Bertz CT molecular complexity index is 1460.